The lowest BCUT2D eigenvalue weighted by Crippen LogP contribution is -2.36. The summed E-state index contributed by atoms with van der Waals surface area (Å²) >= 11 is 0. The lowest BCUT2D eigenvalue weighted by molar-refractivity contribution is 0.122. The van der Waals surface area contributed by atoms with Crippen LogP contribution in [-0.2, 0) is 11.3 Å². The van der Waals surface area contributed by atoms with Crippen molar-refractivity contribution in [2.24, 2.45) is 0 Å². The molecule has 0 saturated carbocycles. The van der Waals surface area contributed by atoms with Gasteiger partial charge in [-0.3, -0.25) is 0 Å². The van der Waals surface area contributed by atoms with Gasteiger partial charge in [-0.1, -0.05) is 6.07 Å². The molecule has 0 bridgehead atoms. The second-order valence-corrected chi connectivity index (χ2v) is 4.29. The molecule has 1 aromatic carbocycles. The molecule has 0 unspecified atom stereocenters. The number of halogens is 1. The number of nitrogens with one attached hydrogen (secondary N) is 1. The zero-order chi connectivity index (χ0) is 12.8. The maximum Gasteiger partial charge on any atom is 0.146 e. The summed E-state index contributed by atoms with van der Waals surface area (Å²) in [7, 11) is 0. The Hall–Kier alpha value is -1.17. The number of hydrogen-bond donors (Lipinski definition) is 2. The Morgan fingerprint density at radius 2 is 2.11 bits per heavy atom. The third kappa shape index (κ3) is 3.41. The van der Waals surface area contributed by atoms with Gasteiger partial charge in [0.15, 0.2) is 0 Å². The number of hydrogen-bond acceptors (Lipinski definition) is 4. The first-order valence-electron chi connectivity index (χ1n) is 6.24. The number of ether oxygens (including phenoxy) is 1. The molecule has 4 nitrogen and oxygen atoms in total. The fraction of sp³-hybridized carbons (Fsp3) is 0.538. The summed E-state index contributed by atoms with van der Waals surface area (Å²) in [6, 6.07) is 5.28. The number of morpholine rings is 1. The van der Waals surface area contributed by atoms with Crippen molar-refractivity contribution in [3.05, 3.63) is 29.6 Å². The van der Waals surface area contributed by atoms with E-state index in [2.05, 4.69) is 5.32 Å². The molecule has 18 heavy (non-hydrogen) atoms. The molecular formula is C13H19FN2O2. The first kappa shape index (κ1) is 13.3. The van der Waals surface area contributed by atoms with E-state index in [1.165, 1.54) is 0 Å². The Morgan fingerprint density at radius 3 is 2.78 bits per heavy atom. The molecule has 100 valence electrons. The van der Waals surface area contributed by atoms with E-state index in [1.807, 2.05) is 17.0 Å². The summed E-state index contributed by atoms with van der Waals surface area (Å²) in [4.78, 5) is 2.00. The molecule has 1 aliphatic heterocycles. The van der Waals surface area contributed by atoms with Crippen LogP contribution >= 0.6 is 0 Å². The van der Waals surface area contributed by atoms with Gasteiger partial charge in [0.25, 0.3) is 0 Å². The van der Waals surface area contributed by atoms with Crippen LogP contribution in [0.25, 0.3) is 0 Å². The van der Waals surface area contributed by atoms with Crippen molar-refractivity contribution in [2.75, 3.05) is 44.4 Å². The summed E-state index contributed by atoms with van der Waals surface area (Å²) in [5.41, 5.74) is 1.53. The first-order valence-corrected chi connectivity index (χ1v) is 6.24. The fourth-order valence-corrected chi connectivity index (χ4v) is 2.03. The number of aliphatic hydroxyl groups excluding tert-OH is 1. The second kappa shape index (κ2) is 6.68. The Labute approximate surface area is 106 Å². The molecule has 1 aromatic rings. The van der Waals surface area contributed by atoms with Crippen LogP contribution in [0.1, 0.15) is 5.56 Å². The van der Waals surface area contributed by atoms with Gasteiger partial charge in [0.1, 0.15) is 5.82 Å². The Balaban J connectivity index is 2.00. The molecule has 1 heterocycles. The maximum atomic E-state index is 14.0. The third-order valence-electron chi connectivity index (χ3n) is 2.98. The van der Waals surface area contributed by atoms with Crippen molar-refractivity contribution in [3.63, 3.8) is 0 Å². The molecule has 1 fully saturated rings. The van der Waals surface area contributed by atoms with Gasteiger partial charge in [0.05, 0.1) is 25.5 Å². The average molecular weight is 254 g/mol. The zero-order valence-corrected chi connectivity index (χ0v) is 10.4. The highest BCUT2D eigenvalue weighted by Gasteiger charge is 2.14. The van der Waals surface area contributed by atoms with Crippen LogP contribution in [0.2, 0.25) is 0 Å². The van der Waals surface area contributed by atoms with Crippen LogP contribution in [0, 0.1) is 5.82 Å². The van der Waals surface area contributed by atoms with Gasteiger partial charge >= 0.3 is 0 Å². The molecule has 0 spiro atoms. The van der Waals surface area contributed by atoms with Crippen molar-refractivity contribution in [1.82, 2.24) is 5.32 Å². The lowest BCUT2D eigenvalue weighted by atomic mass is 10.1. The topological polar surface area (TPSA) is 44.7 Å². The minimum atomic E-state index is -0.194. The standard InChI is InChI=1S/C13H19FN2O2/c14-12-9-11(10-15-3-6-17)1-2-13(12)16-4-7-18-8-5-16/h1-2,9,15,17H,3-8,10H2. The molecule has 0 amide bonds. The largest absolute Gasteiger partial charge is 0.395 e. The summed E-state index contributed by atoms with van der Waals surface area (Å²) in [5.74, 6) is -0.194. The van der Waals surface area contributed by atoms with Crippen LogP contribution in [0.15, 0.2) is 18.2 Å². The molecule has 0 aromatic heterocycles. The van der Waals surface area contributed by atoms with Gasteiger partial charge in [0, 0.05) is 26.2 Å². The van der Waals surface area contributed by atoms with Crippen molar-refractivity contribution >= 4 is 5.69 Å². The third-order valence-corrected chi connectivity index (χ3v) is 2.98. The predicted molar refractivity (Wildman–Crippen MR) is 68.2 cm³/mol. The van der Waals surface area contributed by atoms with Crippen LogP contribution in [0.3, 0.4) is 0 Å². The Morgan fingerprint density at radius 1 is 1.33 bits per heavy atom. The quantitative estimate of drug-likeness (QED) is 0.761. The zero-order valence-electron chi connectivity index (χ0n) is 10.4. The minimum Gasteiger partial charge on any atom is -0.395 e. The van der Waals surface area contributed by atoms with Gasteiger partial charge in [-0.05, 0) is 17.7 Å². The van der Waals surface area contributed by atoms with Crippen molar-refractivity contribution < 1.29 is 14.2 Å². The Kier molecular flexibility index (Phi) is 4.92. The highest BCUT2D eigenvalue weighted by atomic mass is 19.1. The summed E-state index contributed by atoms with van der Waals surface area (Å²) in [6.07, 6.45) is 0. The van der Waals surface area contributed by atoms with Gasteiger partial charge in [0.2, 0.25) is 0 Å². The predicted octanol–water partition coefficient (Wildman–Crippen LogP) is 0.744. The SMILES string of the molecule is OCCNCc1ccc(N2CCOCC2)c(F)c1. The normalized spacial score (nSPS) is 16.0. The number of rotatable bonds is 5. The summed E-state index contributed by atoms with van der Waals surface area (Å²) in [5, 5.41) is 11.7. The minimum absolute atomic E-state index is 0.0916. The first-order chi connectivity index (χ1) is 8.81. The molecular weight excluding hydrogens is 235 g/mol. The molecule has 0 atom stereocenters. The molecule has 1 aliphatic rings. The lowest BCUT2D eigenvalue weighted by Gasteiger charge is -2.29. The monoisotopic (exact) mass is 254 g/mol. The van der Waals surface area contributed by atoms with Crippen molar-refractivity contribution in [2.45, 2.75) is 6.54 Å². The van der Waals surface area contributed by atoms with Crippen LogP contribution in [-0.4, -0.2) is 44.6 Å². The molecule has 5 heteroatoms. The average Bonchev–Trinajstić information content (AvgIpc) is 2.40. The molecule has 1 saturated heterocycles. The number of benzene rings is 1. The second-order valence-electron chi connectivity index (χ2n) is 4.29. The van der Waals surface area contributed by atoms with E-state index >= 15 is 0 Å². The van der Waals surface area contributed by atoms with Gasteiger partial charge in [-0.15, -0.1) is 0 Å². The highest BCUT2D eigenvalue weighted by molar-refractivity contribution is 5.49. The summed E-state index contributed by atoms with van der Waals surface area (Å²) < 4.78 is 19.2. The number of anilines is 1. The van der Waals surface area contributed by atoms with E-state index in [0.717, 1.165) is 18.7 Å². The van der Waals surface area contributed by atoms with Crippen LogP contribution < -0.4 is 10.2 Å². The van der Waals surface area contributed by atoms with Crippen molar-refractivity contribution in [3.8, 4) is 0 Å². The van der Waals surface area contributed by atoms with Crippen molar-refractivity contribution in [1.29, 1.82) is 0 Å². The highest BCUT2D eigenvalue weighted by Crippen LogP contribution is 2.21. The van der Waals surface area contributed by atoms with Gasteiger partial charge in [-0.25, -0.2) is 4.39 Å². The van der Waals surface area contributed by atoms with E-state index in [1.54, 1.807) is 6.07 Å². The van der Waals surface area contributed by atoms with Gasteiger partial charge in [-0.2, -0.15) is 0 Å². The Bertz CT molecular complexity index is 381. The smallest absolute Gasteiger partial charge is 0.146 e. The van der Waals surface area contributed by atoms with E-state index < -0.39 is 0 Å². The fourth-order valence-electron chi connectivity index (χ4n) is 2.03. The molecule has 0 aliphatic carbocycles. The van der Waals surface area contributed by atoms with E-state index in [4.69, 9.17) is 9.84 Å². The molecule has 2 rings (SSSR count). The van der Waals surface area contributed by atoms with Gasteiger partial charge < -0.3 is 20.1 Å². The maximum absolute atomic E-state index is 14.0. The number of nitrogens with zero attached hydrogens (tertiary/aromatic N) is 1. The molecule has 0 radical (unpaired) electrons. The van der Waals surface area contributed by atoms with E-state index in [9.17, 15) is 4.39 Å². The van der Waals surface area contributed by atoms with E-state index in [-0.39, 0.29) is 12.4 Å². The number of aliphatic hydroxyl groups is 1. The van der Waals surface area contributed by atoms with Crippen LogP contribution in [0.5, 0.6) is 0 Å². The van der Waals surface area contributed by atoms with E-state index in [0.29, 0.717) is 32.0 Å². The van der Waals surface area contributed by atoms with Crippen LogP contribution in [0.4, 0.5) is 10.1 Å². The summed E-state index contributed by atoms with van der Waals surface area (Å²) in [6.45, 7) is 3.96. The molecule has 2 N–H and O–H groups in total.